The minimum atomic E-state index is 0.0531. The molecule has 0 spiro atoms. The number of ketones is 1. The van der Waals surface area contributed by atoms with Gasteiger partial charge in [-0.15, -0.1) is 0 Å². The molecule has 0 saturated carbocycles. The van der Waals surface area contributed by atoms with Gasteiger partial charge in [-0.2, -0.15) is 5.26 Å². The molecule has 0 N–H and O–H groups in total. The Labute approximate surface area is 100 Å². The molecule has 0 aromatic carbocycles. The summed E-state index contributed by atoms with van der Waals surface area (Å²) in [6.07, 6.45) is 4.96. The smallest absolute Gasteiger partial charge is 0.183 e. The third kappa shape index (κ3) is 2.41. The first-order valence-corrected chi connectivity index (χ1v) is 5.69. The Morgan fingerprint density at radius 1 is 1.53 bits per heavy atom. The van der Waals surface area contributed by atoms with Gasteiger partial charge < -0.3 is 4.90 Å². The Morgan fingerprint density at radius 3 is 3.00 bits per heavy atom. The molecule has 1 saturated heterocycles. The minimum Gasteiger partial charge on any atom is -0.353 e. The molecular formula is C12H14N4O. The number of hydrogen-bond donors (Lipinski definition) is 0. The van der Waals surface area contributed by atoms with E-state index in [1.165, 1.54) is 6.20 Å². The fourth-order valence-corrected chi connectivity index (χ4v) is 2.14. The standard InChI is InChI=1S/C12H14N4O/c1-9(17)10-3-2-6-16(8-10)12-11(7-13)14-4-5-15-12/h4-5,10H,2-3,6,8H2,1H3. The first-order chi connectivity index (χ1) is 8.22. The van der Waals surface area contributed by atoms with Gasteiger partial charge in [-0.05, 0) is 19.8 Å². The average Bonchev–Trinajstić information content (AvgIpc) is 2.39. The van der Waals surface area contributed by atoms with Crippen molar-refractivity contribution in [2.24, 2.45) is 5.92 Å². The van der Waals surface area contributed by atoms with E-state index in [1.807, 2.05) is 11.0 Å². The molecule has 0 aliphatic carbocycles. The molecule has 1 aliphatic heterocycles. The summed E-state index contributed by atoms with van der Waals surface area (Å²) >= 11 is 0. The summed E-state index contributed by atoms with van der Waals surface area (Å²) in [6.45, 7) is 3.09. The quantitative estimate of drug-likeness (QED) is 0.762. The fraction of sp³-hybridized carbons (Fsp3) is 0.500. The fourth-order valence-electron chi connectivity index (χ4n) is 2.14. The van der Waals surface area contributed by atoms with Gasteiger partial charge in [0.15, 0.2) is 11.5 Å². The topological polar surface area (TPSA) is 69.9 Å². The van der Waals surface area contributed by atoms with E-state index in [9.17, 15) is 4.79 Å². The lowest BCUT2D eigenvalue weighted by atomic mass is 9.94. The normalized spacial score (nSPS) is 19.8. The van der Waals surface area contributed by atoms with Gasteiger partial charge in [-0.1, -0.05) is 0 Å². The van der Waals surface area contributed by atoms with Crippen LogP contribution in [0, 0.1) is 17.2 Å². The molecule has 0 radical (unpaired) electrons. The molecule has 1 aromatic heterocycles. The Kier molecular flexibility index (Phi) is 3.33. The van der Waals surface area contributed by atoms with Gasteiger partial charge in [0.1, 0.15) is 11.9 Å². The molecule has 1 fully saturated rings. The molecule has 1 aliphatic rings. The van der Waals surface area contributed by atoms with E-state index in [0.29, 0.717) is 18.1 Å². The highest BCUT2D eigenvalue weighted by Gasteiger charge is 2.25. The number of carbonyl (C=O) groups excluding carboxylic acids is 1. The van der Waals surface area contributed by atoms with Crippen molar-refractivity contribution in [3.8, 4) is 6.07 Å². The molecule has 1 unspecified atom stereocenters. The van der Waals surface area contributed by atoms with Crippen molar-refractivity contribution in [2.45, 2.75) is 19.8 Å². The molecule has 1 aromatic rings. The lowest BCUT2D eigenvalue weighted by Gasteiger charge is -2.32. The van der Waals surface area contributed by atoms with Crippen molar-refractivity contribution in [2.75, 3.05) is 18.0 Å². The van der Waals surface area contributed by atoms with Crippen LogP contribution < -0.4 is 4.90 Å². The van der Waals surface area contributed by atoms with Crippen LogP contribution in [0.2, 0.25) is 0 Å². The minimum absolute atomic E-state index is 0.0531. The number of piperidine rings is 1. The predicted molar refractivity (Wildman–Crippen MR) is 62.4 cm³/mol. The van der Waals surface area contributed by atoms with Crippen LogP contribution in [0.1, 0.15) is 25.5 Å². The van der Waals surface area contributed by atoms with Crippen molar-refractivity contribution < 1.29 is 4.79 Å². The first-order valence-electron chi connectivity index (χ1n) is 5.69. The molecule has 1 atom stereocenters. The second kappa shape index (κ2) is 4.91. The summed E-state index contributed by atoms with van der Waals surface area (Å²) in [5.74, 6) is 0.857. The highest BCUT2D eigenvalue weighted by Crippen LogP contribution is 2.23. The van der Waals surface area contributed by atoms with Crippen molar-refractivity contribution in [3.63, 3.8) is 0 Å². The molecule has 88 valence electrons. The molecule has 5 nitrogen and oxygen atoms in total. The summed E-state index contributed by atoms with van der Waals surface area (Å²) in [5, 5.41) is 8.98. The van der Waals surface area contributed by atoms with Gasteiger partial charge in [0.05, 0.1) is 0 Å². The number of hydrogen-bond acceptors (Lipinski definition) is 5. The maximum absolute atomic E-state index is 11.4. The van der Waals surface area contributed by atoms with E-state index in [2.05, 4.69) is 9.97 Å². The van der Waals surface area contributed by atoms with Crippen LogP contribution in [0.3, 0.4) is 0 Å². The largest absolute Gasteiger partial charge is 0.353 e. The summed E-state index contributed by atoms with van der Waals surface area (Å²) in [4.78, 5) is 21.6. The van der Waals surface area contributed by atoms with Gasteiger partial charge in [-0.25, -0.2) is 9.97 Å². The van der Waals surface area contributed by atoms with E-state index in [4.69, 9.17) is 5.26 Å². The molecule has 0 bridgehead atoms. The number of aromatic nitrogens is 2. The number of rotatable bonds is 2. The van der Waals surface area contributed by atoms with E-state index in [-0.39, 0.29) is 11.7 Å². The molecular weight excluding hydrogens is 216 g/mol. The summed E-state index contributed by atoms with van der Waals surface area (Å²) in [7, 11) is 0. The summed E-state index contributed by atoms with van der Waals surface area (Å²) in [6, 6.07) is 2.04. The van der Waals surface area contributed by atoms with Gasteiger partial charge >= 0.3 is 0 Å². The third-order valence-corrected chi connectivity index (χ3v) is 3.08. The van der Waals surface area contributed by atoms with E-state index in [1.54, 1.807) is 13.1 Å². The van der Waals surface area contributed by atoms with Crippen LogP contribution in [0.4, 0.5) is 5.82 Å². The lowest BCUT2D eigenvalue weighted by Crippen LogP contribution is -2.39. The molecule has 2 heterocycles. The zero-order chi connectivity index (χ0) is 12.3. The predicted octanol–water partition coefficient (Wildman–Crippen LogP) is 1.15. The van der Waals surface area contributed by atoms with Crippen LogP contribution in [0.25, 0.3) is 0 Å². The molecule has 0 amide bonds. The maximum atomic E-state index is 11.4. The van der Waals surface area contributed by atoms with Crippen LogP contribution in [-0.4, -0.2) is 28.8 Å². The highest BCUT2D eigenvalue weighted by molar-refractivity contribution is 5.79. The van der Waals surface area contributed by atoms with Crippen LogP contribution >= 0.6 is 0 Å². The average molecular weight is 230 g/mol. The first kappa shape index (κ1) is 11.5. The number of anilines is 1. The van der Waals surface area contributed by atoms with Crippen molar-refractivity contribution in [1.29, 1.82) is 5.26 Å². The van der Waals surface area contributed by atoms with E-state index >= 15 is 0 Å². The number of carbonyl (C=O) groups is 1. The lowest BCUT2D eigenvalue weighted by molar-refractivity contribution is -0.120. The van der Waals surface area contributed by atoms with Gasteiger partial charge in [0.25, 0.3) is 0 Å². The summed E-state index contributed by atoms with van der Waals surface area (Å²) in [5.41, 5.74) is 0.330. The molecule has 5 heteroatoms. The van der Waals surface area contributed by atoms with Crippen LogP contribution in [0.5, 0.6) is 0 Å². The monoisotopic (exact) mass is 230 g/mol. The Bertz CT molecular complexity index is 466. The molecule has 2 rings (SSSR count). The Morgan fingerprint density at radius 2 is 2.29 bits per heavy atom. The Balaban J connectivity index is 2.22. The number of Topliss-reactive ketones (excluding diaryl/α,β-unsaturated/α-hetero) is 1. The zero-order valence-electron chi connectivity index (χ0n) is 9.76. The van der Waals surface area contributed by atoms with E-state index in [0.717, 1.165) is 19.4 Å². The maximum Gasteiger partial charge on any atom is 0.183 e. The van der Waals surface area contributed by atoms with Crippen molar-refractivity contribution in [1.82, 2.24) is 9.97 Å². The van der Waals surface area contributed by atoms with Gasteiger partial charge in [0, 0.05) is 31.4 Å². The second-order valence-electron chi connectivity index (χ2n) is 4.24. The van der Waals surface area contributed by atoms with Gasteiger partial charge in [-0.3, -0.25) is 4.79 Å². The van der Waals surface area contributed by atoms with Gasteiger partial charge in [0.2, 0.25) is 0 Å². The third-order valence-electron chi connectivity index (χ3n) is 3.08. The van der Waals surface area contributed by atoms with Crippen LogP contribution in [0.15, 0.2) is 12.4 Å². The molecule has 17 heavy (non-hydrogen) atoms. The Hall–Kier alpha value is -1.96. The summed E-state index contributed by atoms with van der Waals surface area (Å²) < 4.78 is 0. The zero-order valence-corrected chi connectivity index (χ0v) is 9.76. The number of nitrogens with zero attached hydrogens (tertiary/aromatic N) is 4. The van der Waals surface area contributed by atoms with E-state index < -0.39 is 0 Å². The van der Waals surface area contributed by atoms with Crippen LogP contribution in [-0.2, 0) is 4.79 Å². The second-order valence-corrected chi connectivity index (χ2v) is 4.24. The van der Waals surface area contributed by atoms with Crippen molar-refractivity contribution >= 4 is 11.6 Å². The SMILES string of the molecule is CC(=O)C1CCCN(c2nccnc2C#N)C1. The highest BCUT2D eigenvalue weighted by atomic mass is 16.1. The number of nitriles is 1. The van der Waals surface area contributed by atoms with Crippen molar-refractivity contribution in [3.05, 3.63) is 18.1 Å².